The van der Waals surface area contributed by atoms with Crippen LogP contribution >= 0.6 is 11.6 Å². The summed E-state index contributed by atoms with van der Waals surface area (Å²) in [5.74, 6) is -1.24. The summed E-state index contributed by atoms with van der Waals surface area (Å²) in [5.41, 5.74) is 1.39. The van der Waals surface area contributed by atoms with Gasteiger partial charge in [0.2, 0.25) is 0 Å². The van der Waals surface area contributed by atoms with Crippen LogP contribution in [-0.4, -0.2) is 18.0 Å². The zero-order valence-corrected chi connectivity index (χ0v) is 13.8. The van der Waals surface area contributed by atoms with E-state index in [1.807, 2.05) is 0 Å². The van der Waals surface area contributed by atoms with Crippen LogP contribution in [-0.2, 0) is 20.7 Å². The molecule has 0 unspecified atom stereocenters. The zero-order valence-electron chi connectivity index (χ0n) is 13.1. The molecule has 1 amide bonds. The Bertz CT molecular complexity index is 701. The van der Waals surface area contributed by atoms with E-state index in [1.54, 1.807) is 36.4 Å². The molecule has 0 saturated heterocycles. The Hall–Kier alpha value is -2.40. The van der Waals surface area contributed by atoms with Gasteiger partial charge in [-0.15, -0.1) is 0 Å². The fourth-order valence-electron chi connectivity index (χ4n) is 1.98. The number of amides is 1. The van der Waals surface area contributed by atoms with Gasteiger partial charge < -0.3 is 10.1 Å². The molecule has 0 saturated carbocycles. The fraction of sp³-hybridized carbons (Fsp3) is 0.222. The van der Waals surface area contributed by atoms with Crippen molar-refractivity contribution in [3.63, 3.8) is 0 Å². The number of hydrogen-bond donors (Lipinski definition) is 1. The highest BCUT2D eigenvalue weighted by Gasteiger charge is 2.17. The number of carbonyl (C=O) groups is 2. The molecule has 24 heavy (non-hydrogen) atoms. The van der Waals surface area contributed by atoms with Crippen LogP contribution in [0.2, 0.25) is 5.02 Å². The first-order chi connectivity index (χ1) is 11.4. The summed E-state index contributed by atoms with van der Waals surface area (Å²) in [6, 6.07) is 12.5. The summed E-state index contributed by atoms with van der Waals surface area (Å²) in [6.07, 6.45) is -0.379. The molecule has 4 nitrogen and oxygen atoms in total. The third-order valence-corrected chi connectivity index (χ3v) is 3.57. The van der Waals surface area contributed by atoms with E-state index in [-0.39, 0.29) is 12.2 Å². The number of hydrogen-bond acceptors (Lipinski definition) is 3. The molecule has 0 heterocycles. The molecule has 0 aliphatic carbocycles. The molecule has 0 spiro atoms. The quantitative estimate of drug-likeness (QED) is 0.802. The smallest absolute Gasteiger partial charge is 0.306 e. The summed E-state index contributed by atoms with van der Waals surface area (Å²) >= 11 is 5.77. The zero-order chi connectivity index (χ0) is 17.5. The SMILES string of the molecule is C[C@H](OC(=O)CCc1ccc(F)cc1)C(=O)Nc1ccc(Cl)cc1. The number of benzene rings is 2. The van der Waals surface area contributed by atoms with E-state index in [4.69, 9.17) is 16.3 Å². The van der Waals surface area contributed by atoms with Gasteiger partial charge >= 0.3 is 5.97 Å². The first-order valence-electron chi connectivity index (χ1n) is 7.44. The number of anilines is 1. The lowest BCUT2D eigenvalue weighted by Gasteiger charge is -2.13. The molecule has 6 heteroatoms. The maximum Gasteiger partial charge on any atom is 0.306 e. The summed E-state index contributed by atoms with van der Waals surface area (Å²) in [7, 11) is 0. The fourth-order valence-corrected chi connectivity index (χ4v) is 2.11. The number of esters is 1. The minimum Gasteiger partial charge on any atom is -0.453 e. The number of carbonyl (C=O) groups excluding carboxylic acids is 2. The van der Waals surface area contributed by atoms with Crippen molar-refractivity contribution in [1.29, 1.82) is 0 Å². The van der Waals surface area contributed by atoms with Crippen LogP contribution in [0.4, 0.5) is 10.1 Å². The maximum atomic E-state index is 12.8. The van der Waals surface area contributed by atoms with Crippen molar-refractivity contribution in [1.82, 2.24) is 0 Å². The lowest BCUT2D eigenvalue weighted by molar-refractivity contribution is -0.153. The molecule has 1 atom stereocenters. The van der Waals surface area contributed by atoms with Crippen molar-refractivity contribution in [2.45, 2.75) is 25.9 Å². The Morgan fingerprint density at radius 3 is 2.38 bits per heavy atom. The second kappa shape index (κ2) is 8.45. The maximum absolute atomic E-state index is 12.8. The number of aryl methyl sites for hydroxylation is 1. The van der Waals surface area contributed by atoms with Gasteiger partial charge in [0.05, 0.1) is 0 Å². The molecule has 2 aromatic carbocycles. The molecule has 0 aromatic heterocycles. The molecule has 126 valence electrons. The van der Waals surface area contributed by atoms with E-state index in [0.29, 0.717) is 17.1 Å². The predicted molar refractivity (Wildman–Crippen MR) is 90.4 cm³/mol. The van der Waals surface area contributed by atoms with Crippen molar-refractivity contribution >= 4 is 29.2 Å². The van der Waals surface area contributed by atoms with Crippen molar-refractivity contribution < 1.29 is 18.7 Å². The van der Waals surface area contributed by atoms with Gasteiger partial charge in [-0.2, -0.15) is 0 Å². The Morgan fingerprint density at radius 1 is 1.12 bits per heavy atom. The predicted octanol–water partition coefficient (Wildman–Crippen LogP) is 3.98. The topological polar surface area (TPSA) is 55.4 Å². The van der Waals surface area contributed by atoms with Gasteiger partial charge in [0, 0.05) is 17.1 Å². The summed E-state index contributed by atoms with van der Waals surface area (Å²) < 4.78 is 17.9. The first kappa shape index (κ1) is 17.9. The average Bonchev–Trinajstić information content (AvgIpc) is 2.56. The highest BCUT2D eigenvalue weighted by molar-refractivity contribution is 6.30. The van der Waals surface area contributed by atoms with Crippen molar-refractivity contribution in [3.8, 4) is 0 Å². The summed E-state index contributed by atoms with van der Waals surface area (Å²) in [5, 5.41) is 3.20. The van der Waals surface area contributed by atoms with Gasteiger partial charge in [0.1, 0.15) is 5.82 Å². The lowest BCUT2D eigenvalue weighted by Crippen LogP contribution is -2.30. The normalized spacial score (nSPS) is 11.6. The molecule has 1 N–H and O–H groups in total. The van der Waals surface area contributed by atoms with Crippen molar-refractivity contribution in [2.24, 2.45) is 0 Å². The van der Waals surface area contributed by atoms with Crippen molar-refractivity contribution in [3.05, 3.63) is 64.9 Å². The third-order valence-electron chi connectivity index (χ3n) is 3.32. The van der Waals surface area contributed by atoms with Crippen LogP contribution in [0.3, 0.4) is 0 Å². The van der Waals surface area contributed by atoms with Crippen LogP contribution in [0, 0.1) is 5.82 Å². The number of rotatable bonds is 6. The molecule has 0 aliphatic rings. The highest BCUT2D eigenvalue weighted by atomic mass is 35.5. The van der Waals surface area contributed by atoms with Gasteiger partial charge in [-0.05, 0) is 55.3 Å². The number of halogens is 2. The Morgan fingerprint density at radius 2 is 1.75 bits per heavy atom. The Kier molecular flexibility index (Phi) is 6.32. The van der Waals surface area contributed by atoms with Crippen LogP contribution in [0.15, 0.2) is 48.5 Å². The van der Waals surface area contributed by atoms with E-state index in [0.717, 1.165) is 5.56 Å². The molecule has 0 fully saturated rings. The molecule has 0 radical (unpaired) electrons. The minimum atomic E-state index is -0.915. The van der Waals surface area contributed by atoms with Gasteiger partial charge in [0.25, 0.3) is 5.91 Å². The van der Waals surface area contributed by atoms with E-state index < -0.39 is 18.0 Å². The van der Waals surface area contributed by atoms with Gasteiger partial charge in [-0.25, -0.2) is 4.39 Å². The summed E-state index contributed by atoms with van der Waals surface area (Å²) in [6.45, 7) is 1.50. The second-order valence-electron chi connectivity index (χ2n) is 5.25. The first-order valence-corrected chi connectivity index (χ1v) is 7.82. The molecule has 2 rings (SSSR count). The third kappa shape index (κ3) is 5.66. The van der Waals surface area contributed by atoms with Gasteiger partial charge in [0.15, 0.2) is 6.10 Å². The molecular weight excluding hydrogens is 333 g/mol. The molecule has 0 bridgehead atoms. The number of ether oxygens (including phenoxy) is 1. The average molecular weight is 350 g/mol. The van der Waals surface area contributed by atoms with Gasteiger partial charge in [-0.3, -0.25) is 9.59 Å². The van der Waals surface area contributed by atoms with Crippen LogP contribution in [0.25, 0.3) is 0 Å². The standard InChI is InChI=1S/C18H17ClFNO3/c1-12(18(23)21-16-9-5-14(19)6-10-16)24-17(22)11-4-13-2-7-15(20)8-3-13/h2-3,5-10,12H,4,11H2,1H3,(H,21,23)/t12-/m0/s1. The molecular formula is C18H17ClFNO3. The van der Waals surface area contributed by atoms with E-state index in [2.05, 4.69) is 5.32 Å². The van der Waals surface area contributed by atoms with Crippen molar-refractivity contribution in [2.75, 3.05) is 5.32 Å². The molecule has 0 aliphatic heterocycles. The van der Waals surface area contributed by atoms with E-state index in [1.165, 1.54) is 19.1 Å². The van der Waals surface area contributed by atoms with Crippen LogP contribution in [0.5, 0.6) is 0 Å². The van der Waals surface area contributed by atoms with E-state index in [9.17, 15) is 14.0 Å². The second-order valence-corrected chi connectivity index (χ2v) is 5.69. The highest BCUT2D eigenvalue weighted by Crippen LogP contribution is 2.14. The van der Waals surface area contributed by atoms with Gasteiger partial charge in [-0.1, -0.05) is 23.7 Å². The summed E-state index contributed by atoms with van der Waals surface area (Å²) in [4.78, 5) is 23.8. The monoisotopic (exact) mass is 349 g/mol. The Balaban J connectivity index is 1.78. The Labute approximate surface area is 144 Å². The van der Waals surface area contributed by atoms with Crippen LogP contribution in [0.1, 0.15) is 18.9 Å². The number of nitrogens with one attached hydrogen (secondary N) is 1. The van der Waals surface area contributed by atoms with E-state index >= 15 is 0 Å². The largest absolute Gasteiger partial charge is 0.453 e. The lowest BCUT2D eigenvalue weighted by atomic mass is 10.1. The molecule has 2 aromatic rings. The van der Waals surface area contributed by atoms with Crippen LogP contribution < -0.4 is 5.32 Å². The minimum absolute atomic E-state index is 0.115.